The largest absolute Gasteiger partial charge is 0.388 e. The Morgan fingerprint density at radius 3 is 2.91 bits per heavy atom. The van der Waals surface area contributed by atoms with Crippen LogP contribution in [-0.4, -0.2) is 50.9 Å². The zero-order chi connectivity index (χ0) is 8.10. The molecular formula is C7H14O4. The number of methoxy groups -OCH3 is 1. The molecule has 2 atom stereocenters. The van der Waals surface area contributed by atoms with E-state index in [1.54, 1.807) is 7.11 Å². The van der Waals surface area contributed by atoms with Crippen molar-refractivity contribution < 1.29 is 19.3 Å². The molecule has 0 aromatic carbocycles. The number of ether oxygens (including phenoxy) is 3. The molecule has 0 bridgehead atoms. The minimum absolute atomic E-state index is 0.268. The molecule has 4 heteroatoms. The lowest BCUT2D eigenvalue weighted by molar-refractivity contribution is -0.00933. The van der Waals surface area contributed by atoms with Crippen LogP contribution in [0.25, 0.3) is 0 Å². The molecule has 1 aliphatic rings. The van der Waals surface area contributed by atoms with Gasteiger partial charge >= 0.3 is 0 Å². The van der Waals surface area contributed by atoms with Crippen molar-refractivity contribution in [2.75, 3.05) is 33.5 Å². The standard InChI is InChI=1S/C7H14O4/c1-9-2-6(8)3-10-4-7-5-11-7/h6-8H,2-5H2,1H3. The van der Waals surface area contributed by atoms with Crippen molar-refractivity contribution in [1.82, 2.24) is 0 Å². The first-order valence-corrected chi connectivity index (χ1v) is 3.69. The molecule has 1 saturated heterocycles. The van der Waals surface area contributed by atoms with Crippen LogP contribution in [0.15, 0.2) is 0 Å². The van der Waals surface area contributed by atoms with E-state index in [-0.39, 0.29) is 6.10 Å². The second-order valence-corrected chi connectivity index (χ2v) is 2.60. The Balaban J connectivity index is 1.84. The highest BCUT2D eigenvalue weighted by molar-refractivity contribution is 4.67. The van der Waals surface area contributed by atoms with Gasteiger partial charge in [-0.3, -0.25) is 0 Å². The summed E-state index contributed by atoms with van der Waals surface area (Å²) in [5.74, 6) is 0. The fraction of sp³-hybridized carbons (Fsp3) is 1.00. The number of epoxide rings is 1. The molecule has 0 amide bonds. The van der Waals surface area contributed by atoms with Crippen LogP contribution >= 0.6 is 0 Å². The van der Waals surface area contributed by atoms with Crippen molar-refractivity contribution in [1.29, 1.82) is 0 Å². The van der Waals surface area contributed by atoms with E-state index in [4.69, 9.17) is 19.3 Å². The summed E-state index contributed by atoms with van der Waals surface area (Å²) >= 11 is 0. The van der Waals surface area contributed by atoms with E-state index < -0.39 is 6.10 Å². The summed E-state index contributed by atoms with van der Waals surface area (Å²) in [5.41, 5.74) is 0. The quantitative estimate of drug-likeness (QED) is 0.530. The molecule has 4 nitrogen and oxygen atoms in total. The summed E-state index contributed by atoms with van der Waals surface area (Å²) in [6.07, 6.45) is -0.247. The van der Waals surface area contributed by atoms with Crippen molar-refractivity contribution in [2.45, 2.75) is 12.2 Å². The van der Waals surface area contributed by atoms with Gasteiger partial charge in [0.25, 0.3) is 0 Å². The predicted molar refractivity (Wildman–Crippen MR) is 38.4 cm³/mol. The topological polar surface area (TPSA) is 51.2 Å². The van der Waals surface area contributed by atoms with Gasteiger partial charge in [0.15, 0.2) is 0 Å². The van der Waals surface area contributed by atoms with E-state index >= 15 is 0 Å². The maximum absolute atomic E-state index is 9.09. The van der Waals surface area contributed by atoms with Crippen molar-refractivity contribution in [2.24, 2.45) is 0 Å². The highest BCUT2D eigenvalue weighted by Crippen LogP contribution is 2.08. The summed E-state index contributed by atoms with van der Waals surface area (Å²) in [6, 6.07) is 0. The smallest absolute Gasteiger partial charge is 0.104 e. The predicted octanol–water partition coefficient (Wildman–Crippen LogP) is -0.591. The van der Waals surface area contributed by atoms with Crippen LogP contribution < -0.4 is 0 Å². The maximum Gasteiger partial charge on any atom is 0.104 e. The average molecular weight is 162 g/mol. The van der Waals surface area contributed by atoms with Gasteiger partial charge in [0.2, 0.25) is 0 Å². The van der Waals surface area contributed by atoms with Gasteiger partial charge in [-0.2, -0.15) is 0 Å². The summed E-state index contributed by atoms with van der Waals surface area (Å²) in [6.45, 7) is 2.03. The molecule has 66 valence electrons. The minimum atomic E-state index is -0.515. The fourth-order valence-corrected chi connectivity index (χ4v) is 0.740. The second kappa shape index (κ2) is 4.66. The second-order valence-electron chi connectivity index (χ2n) is 2.60. The summed E-state index contributed by atoms with van der Waals surface area (Å²) in [5, 5.41) is 9.09. The number of rotatable bonds is 6. The van der Waals surface area contributed by atoms with E-state index in [2.05, 4.69) is 0 Å². The third-order valence-electron chi connectivity index (χ3n) is 1.38. The molecular weight excluding hydrogens is 148 g/mol. The van der Waals surface area contributed by atoms with Crippen LogP contribution in [0.4, 0.5) is 0 Å². The molecule has 1 rings (SSSR count). The van der Waals surface area contributed by atoms with Crippen LogP contribution in [0.1, 0.15) is 0 Å². The Bertz CT molecular complexity index is 103. The van der Waals surface area contributed by atoms with Crippen LogP contribution in [0.3, 0.4) is 0 Å². The highest BCUT2D eigenvalue weighted by atomic mass is 16.6. The summed E-state index contributed by atoms with van der Waals surface area (Å²) in [7, 11) is 1.55. The lowest BCUT2D eigenvalue weighted by Crippen LogP contribution is -2.21. The summed E-state index contributed by atoms with van der Waals surface area (Å²) in [4.78, 5) is 0. The van der Waals surface area contributed by atoms with Gasteiger partial charge in [-0.15, -0.1) is 0 Å². The zero-order valence-corrected chi connectivity index (χ0v) is 6.66. The first-order valence-electron chi connectivity index (χ1n) is 3.69. The number of hydrogen-bond acceptors (Lipinski definition) is 4. The van der Waals surface area contributed by atoms with Crippen molar-refractivity contribution in [3.63, 3.8) is 0 Å². The van der Waals surface area contributed by atoms with Crippen LogP contribution in [0.5, 0.6) is 0 Å². The lowest BCUT2D eigenvalue weighted by Gasteiger charge is -2.08. The third kappa shape index (κ3) is 4.31. The van der Waals surface area contributed by atoms with Gasteiger partial charge in [-0.05, 0) is 0 Å². The normalized spacial score (nSPS) is 25.1. The number of hydrogen-bond donors (Lipinski definition) is 1. The number of aliphatic hydroxyl groups excluding tert-OH is 1. The van der Waals surface area contributed by atoms with Crippen molar-refractivity contribution in [3.8, 4) is 0 Å². The Kier molecular flexibility index (Phi) is 3.79. The van der Waals surface area contributed by atoms with Gasteiger partial charge in [0, 0.05) is 7.11 Å². The zero-order valence-electron chi connectivity index (χ0n) is 6.66. The van der Waals surface area contributed by atoms with Gasteiger partial charge in [-0.1, -0.05) is 0 Å². The Hall–Kier alpha value is -0.160. The molecule has 1 aliphatic heterocycles. The minimum Gasteiger partial charge on any atom is -0.388 e. The van der Waals surface area contributed by atoms with Crippen LogP contribution in [0, 0.1) is 0 Å². The van der Waals surface area contributed by atoms with Gasteiger partial charge in [0.05, 0.1) is 26.4 Å². The Morgan fingerprint density at radius 1 is 1.64 bits per heavy atom. The molecule has 0 saturated carbocycles. The Labute approximate surface area is 66.1 Å². The van der Waals surface area contributed by atoms with Crippen LogP contribution in [0.2, 0.25) is 0 Å². The Morgan fingerprint density at radius 2 is 2.36 bits per heavy atom. The molecule has 11 heavy (non-hydrogen) atoms. The fourth-order valence-electron chi connectivity index (χ4n) is 0.740. The first-order chi connectivity index (χ1) is 5.33. The molecule has 0 aromatic rings. The average Bonchev–Trinajstić information content (AvgIpc) is 2.72. The van der Waals surface area contributed by atoms with Gasteiger partial charge < -0.3 is 19.3 Å². The molecule has 1 N–H and O–H groups in total. The molecule has 1 fully saturated rings. The van der Waals surface area contributed by atoms with E-state index in [1.807, 2.05) is 0 Å². The van der Waals surface area contributed by atoms with E-state index in [9.17, 15) is 0 Å². The monoisotopic (exact) mass is 162 g/mol. The molecule has 1 heterocycles. The van der Waals surface area contributed by atoms with Gasteiger partial charge in [0.1, 0.15) is 12.2 Å². The van der Waals surface area contributed by atoms with Crippen LogP contribution in [-0.2, 0) is 14.2 Å². The molecule has 0 radical (unpaired) electrons. The van der Waals surface area contributed by atoms with Gasteiger partial charge in [-0.25, -0.2) is 0 Å². The van der Waals surface area contributed by atoms with Crippen molar-refractivity contribution >= 4 is 0 Å². The van der Waals surface area contributed by atoms with Crippen molar-refractivity contribution in [3.05, 3.63) is 0 Å². The van der Waals surface area contributed by atoms with E-state index in [1.165, 1.54) is 0 Å². The third-order valence-corrected chi connectivity index (χ3v) is 1.38. The summed E-state index contributed by atoms with van der Waals surface area (Å²) < 4.78 is 14.7. The molecule has 0 spiro atoms. The molecule has 0 aliphatic carbocycles. The highest BCUT2D eigenvalue weighted by Gasteiger charge is 2.22. The molecule has 2 unspecified atom stereocenters. The first kappa shape index (κ1) is 8.93. The number of aliphatic hydroxyl groups is 1. The SMILES string of the molecule is COCC(O)COCC1CO1. The van der Waals surface area contributed by atoms with E-state index in [0.29, 0.717) is 19.8 Å². The lowest BCUT2D eigenvalue weighted by atomic mass is 10.4. The molecule has 0 aromatic heterocycles. The maximum atomic E-state index is 9.09. The van der Waals surface area contributed by atoms with E-state index in [0.717, 1.165) is 6.61 Å².